The number of hydrogen-bond donors (Lipinski definition) is 3. The maximum atomic E-state index is 7.77. The lowest BCUT2D eigenvalue weighted by Gasteiger charge is -2.10. The van der Waals surface area contributed by atoms with Gasteiger partial charge in [-0.05, 0) is 24.1 Å². The number of hydrogen-bond acceptors (Lipinski definition) is 7. The number of nitrogens with two attached hydrogens (primary N) is 1. The van der Waals surface area contributed by atoms with Crippen LogP contribution in [0.15, 0.2) is 53.1 Å². The van der Waals surface area contributed by atoms with Gasteiger partial charge in [-0.25, -0.2) is 4.98 Å². The van der Waals surface area contributed by atoms with Crippen molar-refractivity contribution >= 4 is 23.6 Å². The standard InChI is InChI=1S/C18H17N7O/c19-11-13-15(21-9-8-12-5-2-1-3-6-12)23-18(20)25-17(13)22-16(24-25)14-7-4-10-26-14/h1-7,10-11,19,21H,8-9H2,(H2,20,23). The molecule has 0 saturated carbocycles. The third-order valence-corrected chi connectivity index (χ3v) is 3.98. The van der Waals surface area contributed by atoms with Gasteiger partial charge in [0.1, 0.15) is 5.82 Å². The van der Waals surface area contributed by atoms with Crippen molar-refractivity contribution in [3.8, 4) is 11.6 Å². The lowest BCUT2D eigenvalue weighted by molar-refractivity contribution is 0.577. The van der Waals surface area contributed by atoms with E-state index in [1.165, 1.54) is 16.3 Å². The molecule has 0 bridgehead atoms. The molecule has 0 amide bonds. The van der Waals surface area contributed by atoms with Crippen LogP contribution in [0, 0.1) is 5.41 Å². The molecule has 0 aliphatic carbocycles. The van der Waals surface area contributed by atoms with Crippen molar-refractivity contribution in [3.63, 3.8) is 0 Å². The molecule has 3 aromatic heterocycles. The Bertz CT molecular complexity index is 1040. The Morgan fingerprint density at radius 2 is 2.00 bits per heavy atom. The molecule has 0 fully saturated rings. The van der Waals surface area contributed by atoms with Gasteiger partial charge in [-0.2, -0.15) is 9.50 Å². The van der Waals surface area contributed by atoms with E-state index >= 15 is 0 Å². The predicted molar refractivity (Wildman–Crippen MR) is 99.4 cm³/mol. The van der Waals surface area contributed by atoms with Crippen LogP contribution in [0.2, 0.25) is 0 Å². The van der Waals surface area contributed by atoms with Crippen LogP contribution in [-0.4, -0.2) is 32.3 Å². The second-order valence-electron chi connectivity index (χ2n) is 5.69. The summed E-state index contributed by atoms with van der Waals surface area (Å²) in [6.07, 6.45) is 3.58. The molecule has 4 aromatic rings. The normalized spacial score (nSPS) is 10.9. The Balaban J connectivity index is 1.65. The Kier molecular flexibility index (Phi) is 4.06. The first-order valence-corrected chi connectivity index (χ1v) is 8.14. The van der Waals surface area contributed by atoms with E-state index < -0.39 is 0 Å². The summed E-state index contributed by atoms with van der Waals surface area (Å²) in [5.41, 5.74) is 8.23. The average molecular weight is 347 g/mol. The van der Waals surface area contributed by atoms with Crippen LogP contribution in [0.5, 0.6) is 0 Å². The zero-order valence-electron chi connectivity index (χ0n) is 13.9. The lowest BCUT2D eigenvalue weighted by atomic mass is 10.1. The molecule has 0 spiro atoms. The number of nitrogens with one attached hydrogen (secondary N) is 2. The van der Waals surface area contributed by atoms with Gasteiger partial charge < -0.3 is 20.9 Å². The molecule has 0 aliphatic rings. The summed E-state index contributed by atoms with van der Waals surface area (Å²) < 4.78 is 6.75. The van der Waals surface area contributed by atoms with E-state index in [-0.39, 0.29) is 5.95 Å². The van der Waals surface area contributed by atoms with Gasteiger partial charge in [0.15, 0.2) is 11.4 Å². The topological polar surface area (TPSA) is 118 Å². The highest BCUT2D eigenvalue weighted by Crippen LogP contribution is 2.23. The van der Waals surface area contributed by atoms with Gasteiger partial charge in [0.05, 0.1) is 11.8 Å². The predicted octanol–water partition coefficient (Wildman–Crippen LogP) is 2.62. The minimum Gasteiger partial charge on any atom is -0.461 e. The zero-order chi connectivity index (χ0) is 17.9. The zero-order valence-corrected chi connectivity index (χ0v) is 13.9. The van der Waals surface area contributed by atoms with Gasteiger partial charge in [-0.1, -0.05) is 30.3 Å². The second kappa shape index (κ2) is 6.67. The van der Waals surface area contributed by atoms with Gasteiger partial charge in [-0.15, -0.1) is 5.10 Å². The van der Waals surface area contributed by atoms with Crippen LogP contribution in [0.3, 0.4) is 0 Å². The highest BCUT2D eigenvalue weighted by molar-refractivity contribution is 5.93. The summed E-state index contributed by atoms with van der Waals surface area (Å²) in [6.45, 7) is 0.659. The van der Waals surface area contributed by atoms with Gasteiger partial charge >= 0.3 is 0 Å². The number of fused-ring (bicyclic) bond motifs is 1. The number of rotatable bonds is 6. The number of benzene rings is 1. The minimum atomic E-state index is 0.193. The van der Waals surface area contributed by atoms with Crippen molar-refractivity contribution < 1.29 is 4.42 Å². The molecule has 130 valence electrons. The van der Waals surface area contributed by atoms with E-state index in [1.54, 1.807) is 18.4 Å². The van der Waals surface area contributed by atoms with E-state index in [9.17, 15) is 0 Å². The molecule has 8 nitrogen and oxygen atoms in total. The smallest absolute Gasteiger partial charge is 0.225 e. The second-order valence-corrected chi connectivity index (χ2v) is 5.69. The molecule has 1 aromatic carbocycles. The SMILES string of the molecule is N=Cc1c(NCCc2ccccc2)nc(N)n2nc(-c3ccco3)nc12. The third-order valence-electron chi connectivity index (χ3n) is 3.98. The summed E-state index contributed by atoms with van der Waals surface area (Å²) in [5.74, 6) is 1.63. The summed E-state index contributed by atoms with van der Waals surface area (Å²) in [4.78, 5) is 8.80. The van der Waals surface area contributed by atoms with Crippen LogP contribution in [0.1, 0.15) is 11.1 Å². The minimum absolute atomic E-state index is 0.193. The highest BCUT2D eigenvalue weighted by Gasteiger charge is 2.17. The number of furan rings is 1. The Labute approximate surface area is 149 Å². The first-order chi connectivity index (χ1) is 12.8. The molecule has 0 unspecified atom stereocenters. The van der Waals surface area contributed by atoms with Crippen molar-refractivity contribution in [1.29, 1.82) is 5.41 Å². The molecular weight excluding hydrogens is 330 g/mol. The van der Waals surface area contributed by atoms with Gasteiger partial charge in [0.2, 0.25) is 11.8 Å². The van der Waals surface area contributed by atoms with Crippen LogP contribution < -0.4 is 11.1 Å². The summed E-state index contributed by atoms with van der Waals surface area (Å²) in [5, 5.41) is 15.3. The van der Waals surface area contributed by atoms with E-state index in [0.29, 0.717) is 35.2 Å². The summed E-state index contributed by atoms with van der Waals surface area (Å²) in [6, 6.07) is 13.7. The van der Waals surface area contributed by atoms with Crippen molar-refractivity contribution in [2.24, 2.45) is 0 Å². The van der Waals surface area contributed by atoms with Crippen molar-refractivity contribution in [1.82, 2.24) is 19.6 Å². The van der Waals surface area contributed by atoms with Crippen LogP contribution in [0.25, 0.3) is 17.2 Å². The van der Waals surface area contributed by atoms with Gasteiger partial charge in [0.25, 0.3) is 0 Å². The third kappa shape index (κ3) is 2.88. The quantitative estimate of drug-likeness (QED) is 0.461. The number of nitrogens with zero attached hydrogens (tertiary/aromatic N) is 4. The number of anilines is 2. The molecule has 0 atom stereocenters. The molecule has 26 heavy (non-hydrogen) atoms. The molecule has 8 heteroatoms. The fourth-order valence-electron chi connectivity index (χ4n) is 2.72. The number of nitrogen functional groups attached to an aromatic ring is 1. The first-order valence-electron chi connectivity index (χ1n) is 8.14. The van der Waals surface area contributed by atoms with Crippen molar-refractivity contribution in [3.05, 3.63) is 59.9 Å². The molecule has 4 N–H and O–H groups in total. The molecule has 3 heterocycles. The van der Waals surface area contributed by atoms with Crippen molar-refractivity contribution in [2.45, 2.75) is 6.42 Å². The lowest BCUT2D eigenvalue weighted by Crippen LogP contribution is -2.13. The molecule has 0 radical (unpaired) electrons. The van der Waals surface area contributed by atoms with Crippen LogP contribution >= 0.6 is 0 Å². The Morgan fingerprint density at radius 3 is 2.73 bits per heavy atom. The highest BCUT2D eigenvalue weighted by atomic mass is 16.3. The maximum absolute atomic E-state index is 7.77. The molecule has 0 saturated heterocycles. The van der Waals surface area contributed by atoms with E-state index in [1.807, 2.05) is 18.2 Å². The number of aromatic nitrogens is 4. The average Bonchev–Trinajstić information content (AvgIpc) is 3.33. The van der Waals surface area contributed by atoms with Crippen LogP contribution in [-0.2, 0) is 6.42 Å². The summed E-state index contributed by atoms with van der Waals surface area (Å²) >= 11 is 0. The first kappa shape index (κ1) is 15.8. The molecule has 4 rings (SSSR count). The largest absolute Gasteiger partial charge is 0.461 e. The van der Waals surface area contributed by atoms with E-state index in [4.69, 9.17) is 15.6 Å². The Hall–Kier alpha value is -3.68. The monoisotopic (exact) mass is 347 g/mol. The molecule has 0 aliphatic heterocycles. The fraction of sp³-hybridized carbons (Fsp3) is 0.111. The van der Waals surface area contributed by atoms with Gasteiger partial charge in [-0.3, -0.25) is 0 Å². The fourth-order valence-corrected chi connectivity index (χ4v) is 2.72. The molecular formula is C18H17N7O. The van der Waals surface area contributed by atoms with E-state index in [2.05, 4.69) is 32.5 Å². The summed E-state index contributed by atoms with van der Waals surface area (Å²) in [7, 11) is 0. The van der Waals surface area contributed by atoms with Crippen molar-refractivity contribution in [2.75, 3.05) is 17.6 Å². The van der Waals surface area contributed by atoms with Crippen LogP contribution in [0.4, 0.5) is 11.8 Å². The maximum Gasteiger partial charge on any atom is 0.225 e. The Morgan fingerprint density at radius 1 is 1.15 bits per heavy atom. The van der Waals surface area contributed by atoms with E-state index in [0.717, 1.165) is 6.42 Å². The van der Waals surface area contributed by atoms with Gasteiger partial charge in [0, 0.05) is 12.8 Å².